The number of fused-ring (bicyclic) bond motifs is 9. The molecule has 0 unspecified atom stereocenters. The monoisotopic (exact) mass is 762 g/mol. The molecule has 0 saturated carbocycles. The summed E-state index contributed by atoms with van der Waals surface area (Å²) < 4.78 is 7.54. The number of rotatable bonds is 9. The van der Waals surface area contributed by atoms with Crippen molar-refractivity contribution in [2.45, 2.75) is 40.0 Å². The van der Waals surface area contributed by atoms with Crippen LogP contribution in [0.4, 0.5) is 0 Å². The Labute approximate surface area is 345 Å². The molecule has 286 valence electrons. The summed E-state index contributed by atoms with van der Waals surface area (Å²) in [6.45, 7) is 6.35. The van der Waals surface area contributed by atoms with Gasteiger partial charge < -0.3 is 19.1 Å². The van der Waals surface area contributed by atoms with Crippen LogP contribution in [0.5, 0.6) is 0 Å². The Bertz CT molecular complexity index is 3130. The first-order valence-corrected chi connectivity index (χ1v) is 20.7. The Balaban J connectivity index is 1.23. The van der Waals surface area contributed by atoms with Crippen LogP contribution in [-0.4, -0.2) is 19.4 Å². The molecule has 0 amide bonds. The maximum absolute atomic E-state index is 9.00. The van der Waals surface area contributed by atoms with Crippen molar-refractivity contribution in [1.82, 2.24) is 13.7 Å². The van der Waals surface area contributed by atoms with Crippen molar-refractivity contribution in [3.05, 3.63) is 209 Å². The van der Waals surface area contributed by atoms with Gasteiger partial charge in [-0.2, -0.15) is 0 Å². The lowest BCUT2D eigenvalue weighted by molar-refractivity contribution is 0.967. The molecule has 0 bridgehead atoms. The molecule has 3 aliphatic rings. The van der Waals surface area contributed by atoms with Crippen molar-refractivity contribution in [3.8, 4) is 11.4 Å². The Kier molecular flexibility index (Phi) is 9.18. The highest BCUT2D eigenvalue weighted by Gasteiger charge is 2.32. The SMILES string of the molecule is C\C=C/C(=C\C)C(/C=C/c1ccccc1-n1c2c(c3c1ccc1c4c(c5c(n4C4=CC=CCC=C4)C=C5C)n(-c4ccccc4)c13)CCC=C2)=C/C(=N)c1ccccc1. The fraction of sp³-hybridized carbons (Fsp3) is 0.109. The number of hydrogen-bond acceptors (Lipinski definition) is 1. The normalized spacial score (nSPS) is 15.3. The number of allylic oxidation sites excluding steroid dienone is 15. The fourth-order valence-corrected chi connectivity index (χ4v) is 9.33. The largest absolute Gasteiger partial charge is 0.309 e. The highest BCUT2D eigenvalue weighted by atomic mass is 15.1. The van der Waals surface area contributed by atoms with E-state index < -0.39 is 0 Å². The highest BCUT2D eigenvalue weighted by molar-refractivity contribution is 6.24. The van der Waals surface area contributed by atoms with Crippen LogP contribution in [0.2, 0.25) is 0 Å². The molecule has 3 aromatic heterocycles. The molecule has 4 nitrogen and oxygen atoms in total. The summed E-state index contributed by atoms with van der Waals surface area (Å²) in [5.41, 5.74) is 19.6. The summed E-state index contributed by atoms with van der Waals surface area (Å²) in [5.74, 6) is 0. The molecule has 3 aliphatic carbocycles. The van der Waals surface area contributed by atoms with E-state index in [1.54, 1.807) is 0 Å². The maximum Gasteiger partial charge on any atom is 0.0806 e. The van der Waals surface area contributed by atoms with Crippen LogP contribution in [0.3, 0.4) is 0 Å². The summed E-state index contributed by atoms with van der Waals surface area (Å²) in [5, 5.41) is 11.6. The van der Waals surface area contributed by atoms with Gasteiger partial charge in [-0.1, -0.05) is 121 Å². The lowest BCUT2D eigenvalue weighted by Gasteiger charge is -2.19. The average molecular weight is 763 g/mol. The van der Waals surface area contributed by atoms with Crippen LogP contribution in [0.25, 0.3) is 73.7 Å². The lowest BCUT2D eigenvalue weighted by Crippen LogP contribution is -2.04. The van der Waals surface area contributed by atoms with E-state index in [-0.39, 0.29) is 0 Å². The first-order chi connectivity index (χ1) is 29.1. The van der Waals surface area contributed by atoms with Crippen molar-refractivity contribution in [2.75, 3.05) is 0 Å². The molecule has 4 aromatic carbocycles. The zero-order chi connectivity index (χ0) is 40.0. The van der Waals surface area contributed by atoms with E-state index in [4.69, 9.17) is 5.41 Å². The Morgan fingerprint density at radius 2 is 1.51 bits per heavy atom. The van der Waals surface area contributed by atoms with E-state index in [0.29, 0.717) is 5.71 Å². The van der Waals surface area contributed by atoms with Crippen LogP contribution in [-0.2, 0) is 6.42 Å². The second-order valence-electron chi connectivity index (χ2n) is 15.5. The third kappa shape index (κ3) is 5.94. The number of para-hydroxylation sites is 2. The molecule has 0 radical (unpaired) electrons. The van der Waals surface area contributed by atoms with E-state index >= 15 is 0 Å². The van der Waals surface area contributed by atoms with Crippen molar-refractivity contribution in [3.63, 3.8) is 0 Å². The van der Waals surface area contributed by atoms with Crippen molar-refractivity contribution < 1.29 is 0 Å². The Morgan fingerprint density at radius 1 is 0.712 bits per heavy atom. The minimum absolute atomic E-state index is 0.479. The molecule has 1 N–H and O–H groups in total. The molecular weight excluding hydrogens is 717 g/mol. The van der Waals surface area contributed by atoms with Gasteiger partial charge in [0.05, 0.1) is 39.2 Å². The van der Waals surface area contributed by atoms with Crippen LogP contribution in [0.1, 0.15) is 67.3 Å². The summed E-state index contributed by atoms with van der Waals surface area (Å²) >= 11 is 0. The van der Waals surface area contributed by atoms with Gasteiger partial charge in [-0.3, -0.25) is 0 Å². The number of hydrogen-bond donors (Lipinski definition) is 1. The molecule has 0 saturated heterocycles. The second-order valence-corrected chi connectivity index (χ2v) is 15.5. The Hall–Kier alpha value is -7.17. The molecule has 4 heteroatoms. The molecule has 10 rings (SSSR count). The first-order valence-electron chi connectivity index (χ1n) is 20.7. The molecule has 0 aliphatic heterocycles. The number of benzene rings is 4. The van der Waals surface area contributed by atoms with Crippen molar-refractivity contribution >= 4 is 68.0 Å². The molecule has 7 aromatic rings. The fourth-order valence-electron chi connectivity index (χ4n) is 9.33. The molecule has 59 heavy (non-hydrogen) atoms. The van der Waals surface area contributed by atoms with Gasteiger partial charge >= 0.3 is 0 Å². The average Bonchev–Trinajstić information content (AvgIpc) is 3.75. The maximum atomic E-state index is 9.00. The molecular formula is C55H46N4. The standard InChI is InChI=1S/C55H46N4/c1-4-20-38(5-2)41(36-46(56)39-21-10-8-11-22-39)32-31-40-23-16-18-29-47(40)59-48-30-19-17-28-44(48)52-49(59)34-33-45-53(52)58(43-26-14-9-15-27-43)55-51-37(3)35-50(51)57(54(45)55)42-24-12-6-7-13-25-42/h4-6,8-16,18-27,29-36,56H,7,17,28H2,1-3H3/b20-4-,32-31+,38-5+,41-36+,56-46?. The van der Waals surface area contributed by atoms with Crippen molar-refractivity contribution in [2.24, 2.45) is 0 Å². The van der Waals surface area contributed by atoms with Crippen LogP contribution in [0, 0.1) is 5.41 Å². The van der Waals surface area contributed by atoms with Gasteiger partial charge in [-0.25, -0.2) is 0 Å². The first kappa shape index (κ1) is 36.2. The van der Waals surface area contributed by atoms with E-state index in [1.165, 1.54) is 72.3 Å². The molecule has 0 atom stereocenters. The van der Waals surface area contributed by atoms with Gasteiger partial charge in [0.15, 0.2) is 0 Å². The molecule has 0 spiro atoms. The minimum Gasteiger partial charge on any atom is -0.309 e. The summed E-state index contributed by atoms with van der Waals surface area (Å²) in [4.78, 5) is 0. The van der Waals surface area contributed by atoms with Gasteiger partial charge in [0.25, 0.3) is 0 Å². The van der Waals surface area contributed by atoms with Gasteiger partial charge in [-0.15, -0.1) is 0 Å². The second kappa shape index (κ2) is 15.0. The topological polar surface area (TPSA) is 38.6 Å². The third-order valence-corrected chi connectivity index (χ3v) is 11.9. The lowest BCUT2D eigenvalue weighted by atomic mass is 9.96. The number of nitrogens with zero attached hydrogens (tertiary/aromatic N) is 3. The quantitative estimate of drug-likeness (QED) is 0.112. The smallest absolute Gasteiger partial charge is 0.0806 e. The van der Waals surface area contributed by atoms with Gasteiger partial charge in [0.2, 0.25) is 0 Å². The predicted molar refractivity (Wildman–Crippen MR) is 253 cm³/mol. The summed E-state index contributed by atoms with van der Waals surface area (Å²) in [6, 6.07) is 34.4. The zero-order valence-corrected chi connectivity index (χ0v) is 33.8. The zero-order valence-electron chi connectivity index (χ0n) is 33.8. The van der Waals surface area contributed by atoms with Gasteiger partial charge in [0.1, 0.15) is 0 Å². The van der Waals surface area contributed by atoms with Crippen LogP contribution < -0.4 is 0 Å². The van der Waals surface area contributed by atoms with Gasteiger partial charge in [0, 0.05) is 33.4 Å². The van der Waals surface area contributed by atoms with E-state index in [1.807, 2.05) is 43.3 Å². The summed E-state index contributed by atoms with van der Waals surface area (Å²) in [7, 11) is 0. The predicted octanol–water partition coefficient (Wildman–Crippen LogP) is 14.2. The Morgan fingerprint density at radius 3 is 2.31 bits per heavy atom. The van der Waals surface area contributed by atoms with E-state index in [9.17, 15) is 0 Å². The van der Waals surface area contributed by atoms with Crippen LogP contribution in [0.15, 0.2) is 175 Å². The van der Waals surface area contributed by atoms with E-state index in [2.05, 4.69) is 173 Å². The number of nitrogens with one attached hydrogen (secondary N) is 1. The van der Waals surface area contributed by atoms with Crippen LogP contribution >= 0.6 is 0 Å². The highest BCUT2D eigenvalue weighted by Crippen LogP contribution is 2.50. The number of aryl methyl sites for hydroxylation is 1. The van der Waals surface area contributed by atoms with Gasteiger partial charge in [-0.05, 0) is 134 Å². The minimum atomic E-state index is 0.479. The van der Waals surface area contributed by atoms with Crippen molar-refractivity contribution in [1.29, 1.82) is 5.41 Å². The molecule has 3 heterocycles. The third-order valence-electron chi connectivity index (χ3n) is 11.9. The number of aromatic nitrogens is 3. The van der Waals surface area contributed by atoms with E-state index in [0.717, 1.165) is 47.2 Å². The molecule has 0 fully saturated rings. The summed E-state index contributed by atoms with van der Waals surface area (Å²) in [6.07, 6.45) is 33.8.